The number of nitrogens with zero attached hydrogens (tertiary/aromatic N) is 16. The molecule has 13 unspecified atom stereocenters. The summed E-state index contributed by atoms with van der Waals surface area (Å²) >= 11 is 0. The van der Waals surface area contributed by atoms with Crippen LogP contribution in [0.5, 0.6) is 0 Å². The van der Waals surface area contributed by atoms with Crippen LogP contribution < -0.4 is 41.3 Å². The van der Waals surface area contributed by atoms with Crippen molar-refractivity contribution in [2.45, 2.75) is 232 Å². The van der Waals surface area contributed by atoms with E-state index in [1.165, 1.54) is 30.5 Å². The molecule has 0 aliphatic carbocycles. The molecular formula is C72H109N23O19. The number of aliphatic hydroxyl groups is 1. The fourth-order valence-corrected chi connectivity index (χ4v) is 14.6. The third-order valence-electron chi connectivity index (χ3n) is 20.5. The van der Waals surface area contributed by atoms with E-state index in [-0.39, 0.29) is 122 Å². The van der Waals surface area contributed by atoms with Crippen LogP contribution in [0.15, 0.2) is 26.8 Å². The van der Waals surface area contributed by atoms with E-state index < -0.39 is 72.7 Å². The minimum absolute atomic E-state index is 0.00201. The maximum absolute atomic E-state index is 13.5. The number of rotatable bonds is 23. The SMILES string of the molecule is CC(=N)C1=CN(C(C)(C)C)C2NC(=N)NC(=O)C12.COC(=O)NC(CCc1c(C)nc2n1C(=O)C1N=CN(C(C)(C)C)C1N2C)COC=O.COC(=O)NC(COC=O)C(Cc1c(C)nc2n1C(=O)C1N=CN(C(C)(C)C)C1N2C)OO.COC(=O)NC(COC=O)C(O)Cc1c(C)nc2n1C(=O)C1N=CN(C(C)(C)C)C1N2C. The molecule has 114 heavy (non-hydrogen) atoms. The topological polar surface area (TPSA) is 497 Å². The van der Waals surface area contributed by atoms with E-state index in [0.717, 1.165) is 11.4 Å². The molecule has 13 atom stereocenters. The number of carbonyl (C=O) groups is 10. The monoisotopic (exact) mass is 1600 g/mol. The summed E-state index contributed by atoms with van der Waals surface area (Å²) in [6, 6.07) is -4.21. The zero-order chi connectivity index (χ0) is 84.9. The number of hydrogen-bond donors (Lipinski definition) is 9. The first kappa shape index (κ1) is 88.3. The van der Waals surface area contributed by atoms with Gasteiger partial charge in [-0.2, -0.15) is 0 Å². The molecule has 8 aliphatic rings. The second-order valence-electron chi connectivity index (χ2n) is 32.3. The van der Waals surface area contributed by atoms with Gasteiger partial charge in [0.25, 0.3) is 37.1 Å². The predicted molar refractivity (Wildman–Crippen MR) is 414 cm³/mol. The van der Waals surface area contributed by atoms with Crippen LogP contribution in [0.4, 0.5) is 32.2 Å². The Morgan fingerprint density at radius 2 is 0.939 bits per heavy atom. The number of methoxy groups -OCH3 is 3. The van der Waals surface area contributed by atoms with Gasteiger partial charge in [-0.25, -0.2) is 34.2 Å². The molecule has 626 valence electrons. The van der Waals surface area contributed by atoms with Crippen LogP contribution >= 0.6 is 0 Å². The van der Waals surface area contributed by atoms with Gasteiger partial charge < -0.3 is 94.5 Å². The standard InChI is InChI=1S/C20H30N6O7.C20H30N6O6.C20H30N6O5.C12H19N5O/c1-11-13(7-14(33-30)12(8-32-10-27)23-19(29)31-6)26-17(28)15-16(24(5)18(26)22-11)25(9-21-15)20(2,3)4;1-11-13(7-14(28)12(8-32-10-27)23-19(30)31-6)26-17(29)15-16(24(5)18(26)22-11)25(9-21-15)20(2,3)4;1-12-14(8-7-13(9-31-11-27)23-19(29)30-6)26-17(28)15-16(24(5)18(26)22-12)25(10-21-15)20(2,3)4;1-6(13)7-5-17(12(2,3)4)9-8(7)10(18)16-11(14)15-9/h9-10,12,14-16,30H,7-8H2,1-6H3,(H,23,29);9-10,12,14-16,28H,7-8H2,1-6H3,(H,23,30);10-11,13,15-16H,7-9H2,1-6H3,(H,23,29);5,8-9,13H,1-4H3,(H3,14,15,16,18). The number of hydrogen-bond acceptors (Lipinski definition) is 34. The van der Waals surface area contributed by atoms with Crippen molar-refractivity contribution in [1.82, 2.24) is 74.8 Å². The lowest BCUT2D eigenvalue weighted by Gasteiger charge is -2.44. The molecule has 9 N–H and O–H groups in total. The average Bonchev–Trinajstić information content (AvgIpc) is 1.57. The van der Waals surface area contributed by atoms with Gasteiger partial charge in [0.15, 0.2) is 24.1 Å². The molecule has 0 spiro atoms. The summed E-state index contributed by atoms with van der Waals surface area (Å²) in [5.41, 5.74) is 3.80. The molecule has 11 heterocycles. The van der Waals surface area contributed by atoms with Crippen molar-refractivity contribution in [2.75, 3.05) is 77.0 Å². The van der Waals surface area contributed by atoms with Crippen LogP contribution in [0.1, 0.15) is 145 Å². The van der Waals surface area contributed by atoms with Crippen LogP contribution in [0.25, 0.3) is 0 Å². The lowest BCUT2D eigenvalue weighted by atomic mass is 9.93. The fraction of sp³-hybridized carbons (Fsp3) is 0.639. The highest BCUT2D eigenvalue weighted by molar-refractivity contribution is 6.08. The number of alkyl carbamates (subject to hydrolysis) is 3. The highest BCUT2D eigenvalue weighted by Crippen LogP contribution is 2.40. The van der Waals surface area contributed by atoms with E-state index >= 15 is 0 Å². The Bertz CT molecular complexity index is 4250. The molecule has 1 saturated heterocycles. The smallest absolute Gasteiger partial charge is 0.407 e. The number of aliphatic hydroxyl groups excluding tert-OH is 1. The molecular weight excluding hydrogens is 1490 g/mol. The highest BCUT2D eigenvalue weighted by atomic mass is 17.1. The number of ether oxygens (including phenoxy) is 6. The second kappa shape index (κ2) is 35.4. The zero-order valence-corrected chi connectivity index (χ0v) is 68.5. The molecule has 0 bridgehead atoms. The Kier molecular flexibility index (Phi) is 27.4. The van der Waals surface area contributed by atoms with Gasteiger partial charge in [0.2, 0.25) is 23.8 Å². The van der Waals surface area contributed by atoms with E-state index in [1.54, 1.807) is 44.4 Å². The number of carbonyl (C=O) groups excluding carboxylic acids is 10. The van der Waals surface area contributed by atoms with Gasteiger partial charge >= 0.3 is 18.3 Å². The molecule has 0 aromatic carbocycles. The largest absolute Gasteiger partial charge is 0.466 e. The summed E-state index contributed by atoms with van der Waals surface area (Å²) in [7, 11) is 9.24. The van der Waals surface area contributed by atoms with E-state index in [1.807, 2.05) is 126 Å². The van der Waals surface area contributed by atoms with E-state index in [0.29, 0.717) is 71.2 Å². The number of likely N-dealkylation sites (N-methyl/N-ethyl adjacent to an activating group) is 3. The van der Waals surface area contributed by atoms with Gasteiger partial charge in [-0.3, -0.25) is 78.2 Å². The summed E-state index contributed by atoms with van der Waals surface area (Å²) in [6.45, 7) is 31.9. The third-order valence-corrected chi connectivity index (χ3v) is 20.5. The molecule has 42 nitrogen and oxygen atoms in total. The number of aromatic nitrogens is 6. The molecule has 11 rings (SSSR count). The number of guanidine groups is 1. The first-order valence-electron chi connectivity index (χ1n) is 36.8. The van der Waals surface area contributed by atoms with Crippen LogP contribution in [-0.4, -0.2) is 308 Å². The lowest BCUT2D eigenvalue weighted by molar-refractivity contribution is -0.285. The van der Waals surface area contributed by atoms with Crippen molar-refractivity contribution in [3.05, 3.63) is 45.9 Å². The Morgan fingerprint density at radius 3 is 1.32 bits per heavy atom. The Hall–Kier alpha value is -11.3. The van der Waals surface area contributed by atoms with Crippen LogP contribution in [0.2, 0.25) is 0 Å². The van der Waals surface area contributed by atoms with Gasteiger partial charge in [-0.15, -0.1) is 0 Å². The number of nitrogens with one attached hydrogen (secondary N) is 7. The van der Waals surface area contributed by atoms with E-state index in [9.17, 15) is 58.3 Å². The first-order valence-corrected chi connectivity index (χ1v) is 36.8. The van der Waals surface area contributed by atoms with Gasteiger partial charge in [0, 0.05) is 73.6 Å². The van der Waals surface area contributed by atoms with E-state index in [4.69, 9.17) is 25.0 Å². The van der Waals surface area contributed by atoms with Crippen molar-refractivity contribution in [3.63, 3.8) is 0 Å². The average molecular weight is 1600 g/mol. The number of amides is 4. The minimum Gasteiger partial charge on any atom is -0.466 e. The number of aryl methyl sites for hydroxylation is 3. The highest BCUT2D eigenvalue weighted by Gasteiger charge is 2.54. The summed E-state index contributed by atoms with van der Waals surface area (Å²) in [5.74, 6) is 0.222. The van der Waals surface area contributed by atoms with Crippen LogP contribution in [0.3, 0.4) is 0 Å². The number of aliphatic imine (C=N–C) groups is 3. The molecule has 8 aliphatic heterocycles. The fourth-order valence-electron chi connectivity index (χ4n) is 14.6. The number of fused-ring (bicyclic) bond motifs is 7. The first-order chi connectivity index (χ1) is 53.4. The van der Waals surface area contributed by atoms with Crippen molar-refractivity contribution < 1.29 is 91.6 Å². The zero-order valence-electron chi connectivity index (χ0n) is 68.5. The van der Waals surface area contributed by atoms with Gasteiger partial charge in [0.05, 0.1) is 98.7 Å². The van der Waals surface area contributed by atoms with Crippen LogP contribution in [0, 0.1) is 37.5 Å². The second-order valence-corrected chi connectivity index (χ2v) is 32.3. The summed E-state index contributed by atoms with van der Waals surface area (Å²) in [5, 5.41) is 48.8. The number of imidazole rings is 3. The summed E-state index contributed by atoms with van der Waals surface area (Å²) in [6.07, 6.45) is 2.26. The normalized spacial score (nSPS) is 22.3. The molecule has 1 fully saturated rings. The van der Waals surface area contributed by atoms with Crippen molar-refractivity contribution in [2.24, 2.45) is 20.9 Å². The Balaban J connectivity index is 0.000000194. The maximum Gasteiger partial charge on any atom is 0.407 e. The van der Waals surface area contributed by atoms with E-state index in [2.05, 4.69) is 101 Å². The van der Waals surface area contributed by atoms with Crippen molar-refractivity contribution >= 4 is 110 Å². The molecule has 0 saturated carbocycles. The molecule has 3 aromatic rings. The van der Waals surface area contributed by atoms with Gasteiger partial charge in [-0.1, -0.05) is 0 Å². The predicted octanol–water partition coefficient (Wildman–Crippen LogP) is 1.91. The maximum atomic E-state index is 13.5. The number of anilines is 3. The third kappa shape index (κ3) is 18.5. The Labute approximate surface area is 660 Å². The van der Waals surface area contributed by atoms with Crippen molar-refractivity contribution in [1.29, 1.82) is 10.8 Å². The van der Waals surface area contributed by atoms with Gasteiger partial charge in [-0.05, 0) is 124 Å². The minimum atomic E-state index is -1.18. The quantitative estimate of drug-likeness (QED) is 0.0215. The molecule has 42 heteroatoms. The molecule has 4 amide bonds. The Morgan fingerprint density at radius 1 is 0.570 bits per heavy atom. The lowest BCUT2D eigenvalue weighted by Crippen LogP contribution is -2.64. The summed E-state index contributed by atoms with van der Waals surface area (Å²) < 4.78 is 32.7. The summed E-state index contributed by atoms with van der Waals surface area (Å²) in [4.78, 5) is 165. The molecule has 0 radical (unpaired) electrons. The molecule has 3 aromatic heterocycles. The van der Waals surface area contributed by atoms with Crippen LogP contribution in [-0.2, 0) is 71.7 Å². The van der Waals surface area contributed by atoms with Crippen molar-refractivity contribution in [3.8, 4) is 0 Å². The van der Waals surface area contributed by atoms with Gasteiger partial charge in [0.1, 0.15) is 56.5 Å².